The summed E-state index contributed by atoms with van der Waals surface area (Å²) < 4.78 is 14.7. The first-order valence-corrected chi connectivity index (χ1v) is 10.1. The molecule has 2 unspecified atom stereocenters. The van der Waals surface area contributed by atoms with E-state index >= 15 is 0 Å². The Bertz CT molecular complexity index is 928. The lowest BCUT2D eigenvalue weighted by Gasteiger charge is -2.36. The third-order valence-electron chi connectivity index (χ3n) is 4.57. The fourth-order valence-electron chi connectivity index (χ4n) is 3.33. The van der Waals surface area contributed by atoms with Gasteiger partial charge in [-0.15, -0.1) is 0 Å². The molecular formula is C20H25N3O11. The average molecular weight is 483 g/mol. The number of ether oxygens (including phenoxy) is 3. The van der Waals surface area contributed by atoms with Crippen LogP contribution in [0.15, 0.2) is 24.3 Å². The van der Waals surface area contributed by atoms with Crippen LogP contribution in [-0.2, 0) is 33.4 Å². The van der Waals surface area contributed by atoms with Crippen molar-refractivity contribution in [2.45, 2.75) is 45.2 Å². The summed E-state index contributed by atoms with van der Waals surface area (Å²) in [6.07, 6.45) is 0. The second kappa shape index (κ2) is 12.2. The lowest BCUT2D eigenvalue weighted by Crippen LogP contribution is -2.68. The third kappa shape index (κ3) is 6.02. The van der Waals surface area contributed by atoms with Gasteiger partial charge in [-0.2, -0.15) is 0 Å². The molecule has 0 heterocycles. The summed E-state index contributed by atoms with van der Waals surface area (Å²) in [4.78, 5) is 72.5. The molecule has 0 aliphatic rings. The fraction of sp³-hybridized carbons (Fsp3) is 0.500. The number of hydrogen-bond donors (Lipinski definition) is 1. The Kier molecular flexibility index (Phi) is 10.0. The zero-order valence-corrected chi connectivity index (χ0v) is 19.0. The first-order valence-electron chi connectivity index (χ1n) is 10.1. The highest BCUT2D eigenvalue weighted by Crippen LogP contribution is 2.37. The van der Waals surface area contributed by atoms with Gasteiger partial charge in [0.25, 0.3) is 5.69 Å². The van der Waals surface area contributed by atoms with Crippen LogP contribution in [0.1, 0.15) is 39.2 Å². The number of carbonyl (C=O) groups excluding carboxylic acids is 4. The molecule has 0 bridgehead atoms. The van der Waals surface area contributed by atoms with Crippen LogP contribution in [-0.4, -0.2) is 65.1 Å². The van der Waals surface area contributed by atoms with Crippen LogP contribution < -0.4 is 5.32 Å². The van der Waals surface area contributed by atoms with E-state index in [2.05, 4.69) is 5.32 Å². The molecule has 1 amide bonds. The molecule has 14 nitrogen and oxygen atoms in total. The van der Waals surface area contributed by atoms with Crippen molar-refractivity contribution in [1.29, 1.82) is 0 Å². The molecular weight excluding hydrogens is 458 g/mol. The summed E-state index contributed by atoms with van der Waals surface area (Å²) in [6, 6.07) is 1.54. The van der Waals surface area contributed by atoms with Crippen LogP contribution in [0.25, 0.3) is 0 Å². The Hall–Kier alpha value is -4.10. The molecule has 34 heavy (non-hydrogen) atoms. The number of nitro benzene ring substituents is 1. The summed E-state index contributed by atoms with van der Waals surface area (Å²) in [6.45, 7) is 4.23. The van der Waals surface area contributed by atoms with Crippen molar-refractivity contribution in [1.82, 2.24) is 5.32 Å². The van der Waals surface area contributed by atoms with Crippen LogP contribution in [0.5, 0.6) is 0 Å². The molecule has 14 heteroatoms. The average Bonchev–Trinajstić information content (AvgIpc) is 2.76. The lowest BCUT2D eigenvalue weighted by atomic mass is 9.74. The van der Waals surface area contributed by atoms with E-state index in [1.807, 2.05) is 0 Å². The highest BCUT2D eigenvalue weighted by molar-refractivity contribution is 6.09. The van der Waals surface area contributed by atoms with Gasteiger partial charge >= 0.3 is 23.9 Å². The van der Waals surface area contributed by atoms with Gasteiger partial charge in [-0.25, -0.2) is 14.4 Å². The van der Waals surface area contributed by atoms with Crippen molar-refractivity contribution in [2.24, 2.45) is 0 Å². The minimum Gasteiger partial charge on any atom is -0.464 e. The number of rotatable bonds is 12. The van der Waals surface area contributed by atoms with Crippen LogP contribution >= 0.6 is 0 Å². The number of amides is 1. The number of nitrogens with one attached hydrogen (secondary N) is 1. The Morgan fingerprint density at radius 1 is 0.912 bits per heavy atom. The molecule has 186 valence electrons. The Morgan fingerprint density at radius 3 is 1.74 bits per heavy atom. The zero-order valence-electron chi connectivity index (χ0n) is 19.0. The van der Waals surface area contributed by atoms with E-state index in [1.165, 1.54) is 20.8 Å². The zero-order chi connectivity index (χ0) is 26.1. The van der Waals surface area contributed by atoms with Crippen LogP contribution in [0, 0.1) is 20.2 Å². The summed E-state index contributed by atoms with van der Waals surface area (Å²) in [7, 11) is 0. The summed E-state index contributed by atoms with van der Waals surface area (Å²) in [5.41, 5.74) is -3.55. The number of esters is 3. The molecule has 0 fully saturated rings. The highest BCUT2D eigenvalue weighted by Gasteiger charge is 2.64. The molecule has 1 rings (SSSR count). The molecule has 1 aromatic carbocycles. The standard InChI is InChI=1S/C20H25N3O11/c1-5-32-17(25)16(23(30)31)15(13-8-10-14(11-9-13)22(28)29)20(21-12(4)24,18(26)33-6-2)19(27)34-7-3/h8-11,15-16H,5-7H2,1-4H3,(H,21,24). The van der Waals surface area contributed by atoms with Gasteiger partial charge in [0, 0.05) is 24.0 Å². The third-order valence-corrected chi connectivity index (χ3v) is 4.57. The number of benzene rings is 1. The number of carbonyl (C=O) groups is 4. The number of hydrogen-bond acceptors (Lipinski definition) is 11. The molecule has 0 radical (unpaired) electrons. The van der Waals surface area contributed by atoms with Crippen molar-refractivity contribution >= 4 is 29.5 Å². The quantitative estimate of drug-likeness (QED) is 0.146. The number of nitrogens with zero attached hydrogens (tertiary/aromatic N) is 2. The van der Waals surface area contributed by atoms with Gasteiger partial charge in [-0.3, -0.25) is 25.0 Å². The van der Waals surface area contributed by atoms with Crippen LogP contribution in [0.2, 0.25) is 0 Å². The maximum Gasteiger partial charge on any atom is 0.382 e. The van der Waals surface area contributed by atoms with Gasteiger partial charge in [0.1, 0.15) is 5.92 Å². The first-order chi connectivity index (χ1) is 16.0. The van der Waals surface area contributed by atoms with Gasteiger partial charge < -0.3 is 19.5 Å². The maximum atomic E-state index is 13.2. The van der Waals surface area contributed by atoms with Gasteiger partial charge in [0.15, 0.2) is 0 Å². The van der Waals surface area contributed by atoms with E-state index < -0.39 is 56.8 Å². The summed E-state index contributed by atoms with van der Waals surface area (Å²) in [5.74, 6) is -7.31. The first kappa shape index (κ1) is 27.9. The van der Waals surface area contributed by atoms with Crippen molar-refractivity contribution in [3.63, 3.8) is 0 Å². The topological polar surface area (TPSA) is 194 Å². The highest BCUT2D eigenvalue weighted by atomic mass is 16.6. The second-order valence-electron chi connectivity index (χ2n) is 6.74. The molecule has 1 N–H and O–H groups in total. The van der Waals surface area contributed by atoms with Crippen molar-refractivity contribution in [3.8, 4) is 0 Å². The van der Waals surface area contributed by atoms with Crippen molar-refractivity contribution < 1.29 is 43.2 Å². The normalized spacial score (nSPS) is 12.6. The minimum absolute atomic E-state index is 0.241. The van der Waals surface area contributed by atoms with E-state index in [9.17, 15) is 39.4 Å². The SMILES string of the molecule is CCOC(=O)C(C(c1ccc([N+](=O)[O-])cc1)C(NC(C)=O)(C(=O)OCC)C(=O)OCC)[N+](=O)[O-]. The molecule has 0 aliphatic carbocycles. The predicted octanol–water partition coefficient (Wildman–Crippen LogP) is 0.888. The molecule has 1 aromatic rings. The predicted molar refractivity (Wildman–Crippen MR) is 113 cm³/mol. The monoisotopic (exact) mass is 483 g/mol. The Balaban J connectivity index is 4.09. The van der Waals surface area contributed by atoms with Crippen molar-refractivity contribution in [2.75, 3.05) is 19.8 Å². The molecule has 0 saturated carbocycles. The summed E-state index contributed by atoms with van der Waals surface area (Å²) >= 11 is 0. The molecule has 0 aliphatic heterocycles. The minimum atomic E-state index is -2.90. The van der Waals surface area contributed by atoms with Gasteiger partial charge in [0.05, 0.1) is 24.7 Å². The van der Waals surface area contributed by atoms with E-state index in [0.29, 0.717) is 0 Å². The van der Waals surface area contributed by atoms with Gasteiger partial charge in [-0.1, -0.05) is 12.1 Å². The van der Waals surface area contributed by atoms with E-state index in [4.69, 9.17) is 14.2 Å². The second-order valence-corrected chi connectivity index (χ2v) is 6.74. The van der Waals surface area contributed by atoms with Gasteiger partial charge in [-0.05, 0) is 26.3 Å². The summed E-state index contributed by atoms with van der Waals surface area (Å²) in [5, 5.41) is 25.2. The van der Waals surface area contributed by atoms with Gasteiger partial charge in [0.2, 0.25) is 11.4 Å². The fourth-order valence-corrected chi connectivity index (χ4v) is 3.33. The van der Waals surface area contributed by atoms with Crippen LogP contribution in [0.3, 0.4) is 0 Å². The van der Waals surface area contributed by atoms with Crippen molar-refractivity contribution in [3.05, 3.63) is 50.1 Å². The van der Waals surface area contributed by atoms with E-state index in [1.54, 1.807) is 0 Å². The smallest absolute Gasteiger partial charge is 0.382 e. The molecule has 0 aromatic heterocycles. The van der Waals surface area contributed by atoms with E-state index in [-0.39, 0.29) is 25.4 Å². The lowest BCUT2D eigenvalue weighted by molar-refractivity contribution is -0.516. The molecule has 0 spiro atoms. The molecule has 0 saturated heterocycles. The Labute approximate surface area is 193 Å². The number of non-ortho nitro benzene ring substituents is 1. The largest absolute Gasteiger partial charge is 0.464 e. The van der Waals surface area contributed by atoms with E-state index in [0.717, 1.165) is 31.2 Å². The van der Waals surface area contributed by atoms with Crippen LogP contribution in [0.4, 0.5) is 5.69 Å². The molecule has 2 atom stereocenters. The number of nitro groups is 2. The maximum absolute atomic E-state index is 13.2. The Morgan fingerprint density at radius 2 is 1.38 bits per heavy atom.